The van der Waals surface area contributed by atoms with Crippen LogP contribution >= 0.6 is 0 Å². The van der Waals surface area contributed by atoms with E-state index < -0.39 is 10.8 Å². The van der Waals surface area contributed by atoms with Crippen LogP contribution in [0.15, 0.2) is 24.3 Å². The number of rotatable bonds is 3. The Morgan fingerprint density at radius 1 is 1.05 bits per heavy atom. The fourth-order valence-electron chi connectivity index (χ4n) is 3.46. The van der Waals surface area contributed by atoms with Crippen LogP contribution in [0.1, 0.15) is 50.0 Å². The Hall–Kier alpha value is -2.24. The molecule has 2 aliphatic rings. The fraction of sp³-hybridized carbons (Fsp3) is 0.500. The van der Waals surface area contributed by atoms with Crippen LogP contribution in [0, 0.1) is 10.1 Å². The van der Waals surface area contributed by atoms with E-state index in [2.05, 4.69) is 0 Å². The summed E-state index contributed by atoms with van der Waals surface area (Å²) in [6.07, 6.45) is 5.24. The van der Waals surface area contributed by atoms with Gasteiger partial charge in [0.2, 0.25) is 11.8 Å². The Bertz CT molecular complexity index is 605. The van der Waals surface area contributed by atoms with E-state index in [1.807, 2.05) is 0 Å². The predicted octanol–water partition coefficient (Wildman–Crippen LogP) is 2.77. The molecule has 1 heterocycles. The van der Waals surface area contributed by atoms with Gasteiger partial charge in [-0.3, -0.25) is 24.6 Å². The summed E-state index contributed by atoms with van der Waals surface area (Å²) in [5.74, 6) is -0.749. The highest BCUT2D eigenvalue weighted by atomic mass is 16.6. The van der Waals surface area contributed by atoms with Crippen LogP contribution in [0.4, 0.5) is 5.69 Å². The van der Waals surface area contributed by atoms with Gasteiger partial charge in [0.25, 0.3) is 5.69 Å². The molecule has 1 saturated heterocycles. The molecule has 1 unspecified atom stereocenters. The first-order valence-electron chi connectivity index (χ1n) is 7.68. The van der Waals surface area contributed by atoms with Gasteiger partial charge >= 0.3 is 0 Å². The number of amides is 2. The van der Waals surface area contributed by atoms with Crippen LogP contribution in [-0.2, 0) is 9.59 Å². The van der Waals surface area contributed by atoms with Crippen LogP contribution in [0.25, 0.3) is 0 Å². The van der Waals surface area contributed by atoms with Gasteiger partial charge in [0, 0.05) is 24.6 Å². The third-order valence-corrected chi connectivity index (χ3v) is 4.63. The third-order valence-electron chi connectivity index (χ3n) is 4.63. The second kappa shape index (κ2) is 5.87. The maximum atomic E-state index is 12.6. The largest absolute Gasteiger partial charge is 0.279 e. The first kappa shape index (κ1) is 14.7. The van der Waals surface area contributed by atoms with Crippen molar-refractivity contribution < 1.29 is 14.5 Å². The molecule has 0 aromatic heterocycles. The van der Waals surface area contributed by atoms with Crippen molar-refractivity contribution >= 4 is 17.5 Å². The quantitative estimate of drug-likeness (QED) is 0.488. The van der Waals surface area contributed by atoms with Gasteiger partial charge in [0.1, 0.15) is 0 Å². The van der Waals surface area contributed by atoms with Crippen LogP contribution < -0.4 is 0 Å². The number of hydrogen-bond donors (Lipinski definition) is 0. The summed E-state index contributed by atoms with van der Waals surface area (Å²) in [5, 5.41) is 10.7. The monoisotopic (exact) mass is 302 g/mol. The van der Waals surface area contributed by atoms with Crippen molar-refractivity contribution in [1.82, 2.24) is 4.90 Å². The van der Waals surface area contributed by atoms with E-state index in [1.165, 1.54) is 23.5 Å². The molecule has 3 rings (SSSR count). The molecule has 22 heavy (non-hydrogen) atoms. The highest BCUT2D eigenvalue weighted by molar-refractivity contribution is 6.06. The molecule has 0 bridgehead atoms. The molecule has 2 fully saturated rings. The van der Waals surface area contributed by atoms with Crippen molar-refractivity contribution in [3.05, 3.63) is 39.9 Å². The molecular weight excluding hydrogens is 284 g/mol. The minimum absolute atomic E-state index is 0.00957. The Morgan fingerprint density at radius 3 is 2.27 bits per heavy atom. The molecule has 6 nitrogen and oxygen atoms in total. The topological polar surface area (TPSA) is 80.5 Å². The lowest BCUT2D eigenvalue weighted by Gasteiger charge is -2.29. The van der Waals surface area contributed by atoms with E-state index in [1.54, 1.807) is 12.1 Å². The number of likely N-dealkylation sites (tertiary alicyclic amines) is 1. The zero-order valence-corrected chi connectivity index (χ0v) is 12.2. The maximum absolute atomic E-state index is 12.6. The maximum Gasteiger partial charge on any atom is 0.269 e. The minimum atomic E-state index is -0.491. The normalized spacial score (nSPS) is 23.1. The standard InChI is InChI=1S/C16H18N2O4/c19-15-10-14(11-6-8-13(9-7-11)18(21)22)16(20)17(15)12-4-2-1-3-5-12/h6-9,12,14H,1-5,10H2. The van der Waals surface area contributed by atoms with Gasteiger partial charge in [-0.05, 0) is 18.4 Å². The predicted molar refractivity (Wildman–Crippen MR) is 79.2 cm³/mol. The van der Waals surface area contributed by atoms with Crippen molar-refractivity contribution in [1.29, 1.82) is 0 Å². The summed E-state index contributed by atoms with van der Waals surface area (Å²) in [4.78, 5) is 36.5. The average molecular weight is 302 g/mol. The number of non-ortho nitro benzene ring substituents is 1. The lowest BCUT2D eigenvalue weighted by molar-refractivity contribution is -0.384. The lowest BCUT2D eigenvalue weighted by atomic mass is 9.94. The lowest BCUT2D eigenvalue weighted by Crippen LogP contribution is -2.41. The number of carbonyl (C=O) groups excluding carboxylic acids is 2. The zero-order valence-electron chi connectivity index (χ0n) is 12.2. The number of hydrogen-bond acceptors (Lipinski definition) is 4. The number of imide groups is 1. The number of carbonyl (C=O) groups is 2. The second-order valence-electron chi connectivity index (χ2n) is 6.00. The van der Waals surface area contributed by atoms with E-state index in [4.69, 9.17) is 0 Å². The summed E-state index contributed by atoms with van der Waals surface area (Å²) in [6, 6.07) is 5.97. The van der Waals surface area contributed by atoms with Gasteiger partial charge in [0.15, 0.2) is 0 Å². The Kier molecular flexibility index (Phi) is 3.92. The summed E-state index contributed by atoms with van der Waals surface area (Å²) >= 11 is 0. The molecule has 0 spiro atoms. The first-order chi connectivity index (χ1) is 10.6. The van der Waals surface area contributed by atoms with Gasteiger partial charge in [-0.15, -0.1) is 0 Å². The number of nitro benzene ring substituents is 1. The molecule has 2 amide bonds. The number of nitrogens with zero attached hydrogens (tertiary/aromatic N) is 2. The molecule has 0 radical (unpaired) electrons. The third kappa shape index (κ3) is 2.61. The number of nitro groups is 1. The highest BCUT2D eigenvalue weighted by Gasteiger charge is 2.43. The Labute approximate surface area is 128 Å². The van der Waals surface area contributed by atoms with Gasteiger partial charge in [-0.25, -0.2) is 0 Å². The molecule has 0 N–H and O–H groups in total. The molecule has 1 saturated carbocycles. The summed E-state index contributed by atoms with van der Waals surface area (Å²) < 4.78 is 0. The van der Waals surface area contributed by atoms with Crippen LogP contribution in [-0.4, -0.2) is 27.7 Å². The Morgan fingerprint density at radius 2 is 1.68 bits per heavy atom. The van der Waals surface area contributed by atoms with Crippen molar-refractivity contribution in [3.8, 4) is 0 Å². The summed E-state index contributed by atoms with van der Waals surface area (Å²) in [5.41, 5.74) is 0.673. The average Bonchev–Trinajstić information content (AvgIpc) is 2.83. The molecule has 116 valence electrons. The summed E-state index contributed by atoms with van der Waals surface area (Å²) in [6.45, 7) is 0. The van der Waals surface area contributed by atoms with E-state index in [-0.39, 0.29) is 30.0 Å². The van der Waals surface area contributed by atoms with E-state index in [0.29, 0.717) is 5.56 Å². The molecular formula is C16H18N2O4. The smallest absolute Gasteiger partial charge is 0.269 e. The fourth-order valence-corrected chi connectivity index (χ4v) is 3.46. The highest BCUT2D eigenvalue weighted by Crippen LogP contribution is 2.35. The molecule has 1 atom stereocenters. The van der Waals surface area contributed by atoms with Gasteiger partial charge in [-0.2, -0.15) is 0 Å². The SMILES string of the molecule is O=C1CC(c2ccc([N+](=O)[O-])cc2)C(=O)N1C1CCCCC1. The van der Waals surface area contributed by atoms with E-state index >= 15 is 0 Å². The zero-order chi connectivity index (χ0) is 15.7. The Balaban J connectivity index is 1.79. The molecule has 6 heteroatoms. The van der Waals surface area contributed by atoms with Crippen LogP contribution in [0.5, 0.6) is 0 Å². The second-order valence-corrected chi connectivity index (χ2v) is 6.00. The first-order valence-corrected chi connectivity index (χ1v) is 7.68. The van der Waals surface area contributed by atoms with Crippen molar-refractivity contribution in [2.45, 2.75) is 50.5 Å². The van der Waals surface area contributed by atoms with Gasteiger partial charge in [0.05, 0.1) is 10.8 Å². The van der Waals surface area contributed by atoms with E-state index in [9.17, 15) is 19.7 Å². The summed E-state index contributed by atoms with van der Waals surface area (Å²) in [7, 11) is 0. The van der Waals surface area contributed by atoms with E-state index in [0.717, 1.165) is 25.7 Å². The molecule has 1 aliphatic heterocycles. The van der Waals surface area contributed by atoms with Crippen molar-refractivity contribution in [2.24, 2.45) is 0 Å². The number of benzene rings is 1. The molecule has 1 aliphatic carbocycles. The van der Waals surface area contributed by atoms with Crippen LogP contribution in [0.2, 0.25) is 0 Å². The van der Waals surface area contributed by atoms with Crippen molar-refractivity contribution in [3.63, 3.8) is 0 Å². The minimum Gasteiger partial charge on any atom is -0.279 e. The van der Waals surface area contributed by atoms with Gasteiger partial charge in [-0.1, -0.05) is 31.4 Å². The van der Waals surface area contributed by atoms with Gasteiger partial charge < -0.3 is 0 Å². The molecule has 1 aromatic rings. The van der Waals surface area contributed by atoms with Crippen molar-refractivity contribution in [2.75, 3.05) is 0 Å². The van der Waals surface area contributed by atoms with Crippen LogP contribution in [0.3, 0.4) is 0 Å². The molecule has 1 aromatic carbocycles.